The predicted octanol–water partition coefficient (Wildman–Crippen LogP) is 7.17. The molecular weight excluding hydrogens is 623 g/mol. The van der Waals surface area contributed by atoms with Gasteiger partial charge in [0, 0.05) is 10.8 Å². The Morgan fingerprint density at radius 3 is 1.40 bits per heavy atom. The predicted molar refractivity (Wildman–Crippen MR) is 227 cm³/mol. The first-order chi connectivity index (χ1) is 25.4. The second kappa shape index (κ2) is 11.6. The Balaban J connectivity index is 1.32. The molecule has 0 aliphatic rings. The lowest BCUT2D eigenvalue weighted by Gasteiger charge is -2.25. The first-order valence-electron chi connectivity index (χ1n) is 17.2. The first-order valence-corrected chi connectivity index (χ1v) is 17.2. The highest BCUT2D eigenvalue weighted by atomic mass is 16.3. The first kappa shape index (κ1) is 30.9. The van der Waals surface area contributed by atoms with Gasteiger partial charge in [-0.25, -0.2) is 0 Å². The summed E-state index contributed by atoms with van der Waals surface area (Å²) in [6, 6.07) is 49.0. The number of furan rings is 1. The smallest absolute Gasteiger partial charge is 0.136 e. The zero-order valence-electron chi connectivity index (χ0n) is 28.1. The molecule has 1 heterocycles. The van der Waals surface area contributed by atoms with Gasteiger partial charge in [0.25, 0.3) is 0 Å². The van der Waals surface area contributed by atoms with Crippen LogP contribution in [0, 0.1) is 0 Å². The fourth-order valence-electron chi connectivity index (χ4n) is 8.29. The number of hydrogen-bond donors (Lipinski definition) is 0. The van der Waals surface area contributed by atoms with E-state index in [9.17, 15) is 0 Å². The van der Waals surface area contributed by atoms with Crippen LogP contribution < -0.4 is 27.3 Å². The molecule has 0 amide bonds. The molecule has 0 spiro atoms. The second-order valence-electron chi connectivity index (χ2n) is 13.5. The quantitative estimate of drug-likeness (QED) is 0.113. The van der Waals surface area contributed by atoms with Gasteiger partial charge in [0.2, 0.25) is 0 Å². The molecule has 10 rings (SSSR count). The van der Waals surface area contributed by atoms with Gasteiger partial charge in [-0.05, 0) is 94.7 Å². The van der Waals surface area contributed by atoms with Crippen molar-refractivity contribution in [3.63, 3.8) is 0 Å². The van der Waals surface area contributed by atoms with E-state index < -0.39 is 0 Å². The van der Waals surface area contributed by atoms with Crippen LogP contribution in [0.2, 0.25) is 0 Å². The highest BCUT2D eigenvalue weighted by Gasteiger charge is 2.23. The zero-order chi connectivity index (χ0) is 35.2. The summed E-state index contributed by atoms with van der Waals surface area (Å²) in [4.78, 5) is 0. The van der Waals surface area contributed by atoms with Gasteiger partial charge in [-0.1, -0.05) is 132 Å². The van der Waals surface area contributed by atoms with Gasteiger partial charge in [0.05, 0.1) is 0 Å². The van der Waals surface area contributed by atoms with Gasteiger partial charge in [-0.2, -0.15) is 0 Å². The standard InChI is InChI=1S/C46H23B5O/c47-42-41(43(48)45(50)46(51)44(42)49)38-31-13-5-3-11-29(31)37(30-12-4-6-14-32(30)38)33-16-8-18-36-40(33)39-28(15-7-17-35(39)52-36)26-22-21-25-20-19-24-9-1-2-10-27(24)34(25)23-26/h1-23H. The maximum atomic E-state index is 6.72. The minimum absolute atomic E-state index is 0.192. The fourth-order valence-corrected chi connectivity index (χ4v) is 8.29. The molecule has 0 atom stereocenters. The lowest BCUT2D eigenvalue weighted by atomic mass is 9.59. The third-order valence-corrected chi connectivity index (χ3v) is 10.7. The van der Waals surface area contributed by atoms with Crippen molar-refractivity contribution in [3.05, 3.63) is 140 Å². The Hall–Kier alpha value is -5.86. The zero-order valence-corrected chi connectivity index (χ0v) is 28.1. The molecule has 0 unspecified atom stereocenters. The molecule has 10 aromatic rings. The highest BCUT2D eigenvalue weighted by molar-refractivity contribution is 6.69. The maximum absolute atomic E-state index is 6.72. The Bertz CT molecular complexity index is 3050. The van der Waals surface area contributed by atoms with Gasteiger partial charge >= 0.3 is 0 Å². The van der Waals surface area contributed by atoms with Crippen molar-refractivity contribution in [2.24, 2.45) is 0 Å². The SMILES string of the molecule is [B]c1c([B])c([B])c(-c2c3ccccc3c(-c3cccc4oc5cccc(-c6ccc7ccc8ccccc8c7c6)c5c34)c3ccccc23)c([B])c1[B]. The summed E-state index contributed by atoms with van der Waals surface area (Å²) in [5.74, 6) is 0. The Morgan fingerprint density at radius 1 is 0.327 bits per heavy atom. The molecule has 9 aromatic carbocycles. The van der Waals surface area contributed by atoms with E-state index in [1.165, 1.54) is 21.5 Å². The number of rotatable bonds is 3. The molecule has 0 aliphatic heterocycles. The van der Waals surface area contributed by atoms with Gasteiger partial charge in [0.15, 0.2) is 0 Å². The summed E-state index contributed by atoms with van der Waals surface area (Å²) in [6.07, 6.45) is 0. The normalized spacial score (nSPS) is 11.8. The summed E-state index contributed by atoms with van der Waals surface area (Å²) in [7, 11) is 32.5. The lowest BCUT2D eigenvalue weighted by Crippen LogP contribution is -2.55. The lowest BCUT2D eigenvalue weighted by molar-refractivity contribution is 0.669. The summed E-state index contributed by atoms with van der Waals surface area (Å²) >= 11 is 0. The van der Waals surface area contributed by atoms with Crippen LogP contribution in [0.3, 0.4) is 0 Å². The number of hydrogen-bond acceptors (Lipinski definition) is 1. The Kier molecular flexibility index (Phi) is 6.89. The molecule has 6 heteroatoms. The molecule has 0 fully saturated rings. The van der Waals surface area contributed by atoms with E-state index >= 15 is 0 Å². The number of benzene rings is 9. The molecule has 1 nitrogen and oxygen atoms in total. The molecule has 1 aromatic heterocycles. The monoisotopic (exact) mass is 646 g/mol. The van der Waals surface area contributed by atoms with Gasteiger partial charge < -0.3 is 4.42 Å². The fraction of sp³-hybridized carbons (Fsp3) is 0. The van der Waals surface area contributed by atoms with Gasteiger partial charge in [-0.15, -0.1) is 16.4 Å². The van der Waals surface area contributed by atoms with E-state index in [-0.39, 0.29) is 16.4 Å². The molecule has 0 aliphatic carbocycles. The Labute approximate surface area is 307 Å². The van der Waals surface area contributed by atoms with Gasteiger partial charge in [0.1, 0.15) is 50.4 Å². The summed E-state index contributed by atoms with van der Waals surface area (Å²) in [5.41, 5.74) is 8.72. The van der Waals surface area contributed by atoms with Crippen molar-refractivity contribution in [3.8, 4) is 33.4 Å². The van der Waals surface area contributed by atoms with Crippen LogP contribution in [-0.2, 0) is 0 Å². The summed E-state index contributed by atoms with van der Waals surface area (Å²) in [6.45, 7) is 0. The summed E-state index contributed by atoms with van der Waals surface area (Å²) in [5, 5.41) is 11.0. The van der Waals surface area contributed by atoms with Crippen LogP contribution in [0.15, 0.2) is 144 Å². The largest absolute Gasteiger partial charge is 0.456 e. The van der Waals surface area contributed by atoms with Crippen molar-refractivity contribution in [1.29, 1.82) is 0 Å². The average Bonchev–Trinajstić information content (AvgIpc) is 3.58. The number of fused-ring (bicyclic) bond motifs is 8. The van der Waals surface area contributed by atoms with Crippen molar-refractivity contribution < 1.29 is 4.42 Å². The summed E-state index contributed by atoms with van der Waals surface area (Å²) < 4.78 is 6.65. The molecular formula is C46H23B5O. The van der Waals surface area contributed by atoms with Crippen molar-refractivity contribution in [1.82, 2.24) is 0 Å². The van der Waals surface area contributed by atoms with E-state index in [1.807, 2.05) is 12.1 Å². The van der Waals surface area contributed by atoms with Crippen molar-refractivity contribution in [2.75, 3.05) is 0 Å². The highest BCUT2D eigenvalue weighted by Crippen LogP contribution is 2.48. The van der Waals surface area contributed by atoms with Crippen LogP contribution in [-0.4, -0.2) is 39.2 Å². The topological polar surface area (TPSA) is 13.1 Å². The average molecular weight is 646 g/mol. The second-order valence-corrected chi connectivity index (χ2v) is 13.5. The molecule has 10 radical (unpaired) electrons. The molecule has 0 bridgehead atoms. The van der Waals surface area contributed by atoms with Crippen LogP contribution in [0.25, 0.3) is 98.4 Å². The van der Waals surface area contributed by atoms with E-state index in [1.54, 1.807) is 0 Å². The van der Waals surface area contributed by atoms with Crippen molar-refractivity contribution in [2.45, 2.75) is 0 Å². The molecule has 0 N–H and O–H groups in total. The van der Waals surface area contributed by atoms with Crippen LogP contribution in [0.5, 0.6) is 0 Å². The molecule has 52 heavy (non-hydrogen) atoms. The maximum Gasteiger partial charge on any atom is 0.136 e. The van der Waals surface area contributed by atoms with E-state index in [0.717, 1.165) is 71.3 Å². The molecule has 0 saturated heterocycles. The van der Waals surface area contributed by atoms with Crippen molar-refractivity contribution >= 4 is 132 Å². The van der Waals surface area contributed by atoms with E-state index in [0.29, 0.717) is 16.5 Å². The third kappa shape index (κ3) is 4.37. The molecule has 0 saturated carbocycles. The minimum Gasteiger partial charge on any atom is -0.456 e. The third-order valence-electron chi connectivity index (χ3n) is 10.7. The van der Waals surface area contributed by atoms with Crippen LogP contribution in [0.1, 0.15) is 0 Å². The molecule has 228 valence electrons. The van der Waals surface area contributed by atoms with Crippen LogP contribution >= 0.6 is 0 Å². The van der Waals surface area contributed by atoms with Gasteiger partial charge in [-0.3, -0.25) is 0 Å². The van der Waals surface area contributed by atoms with E-state index in [2.05, 4.69) is 127 Å². The van der Waals surface area contributed by atoms with Crippen LogP contribution in [0.4, 0.5) is 0 Å². The Morgan fingerprint density at radius 2 is 0.788 bits per heavy atom. The minimum atomic E-state index is 0.192. The van der Waals surface area contributed by atoms with E-state index in [4.69, 9.17) is 43.6 Å².